The van der Waals surface area contributed by atoms with E-state index in [9.17, 15) is 4.39 Å². The highest BCUT2D eigenvalue weighted by molar-refractivity contribution is 6.18. The lowest BCUT2D eigenvalue weighted by molar-refractivity contribution is 0.0552. The van der Waals surface area contributed by atoms with Crippen molar-refractivity contribution in [1.82, 2.24) is 0 Å². The predicted octanol–water partition coefficient (Wildman–Crippen LogP) is 3.61. The molecule has 0 amide bonds. The van der Waals surface area contributed by atoms with Crippen molar-refractivity contribution in [2.75, 3.05) is 19.1 Å². The zero-order valence-electron chi connectivity index (χ0n) is 11.2. The zero-order valence-corrected chi connectivity index (χ0v) is 12.0. The first-order chi connectivity index (χ1) is 9.13. The molecule has 0 bridgehead atoms. The number of hydrogen-bond acceptors (Lipinski definition) is 2. The molecule has 1 aromatic rings. The molecule has 0 spiro atoms. The number of rotatable bonds is 6. The van der Waals surface area contributed by atoms with Crippen molar-refractivity contribution < 1.29 is 13.9 Å². The summed E-state index contributed by atoms with van der Waals surface area (Å²) in [6.07, 6.45) is 0.714. The fourth-order valence-electron chi connectivity index (χ4n) is 1.34. The van der Waals surface area contributed by atoms with Gasteiger partial charge in [0.2, 0.25) is 0 Å². The molecular formula is C15H18ClFO2. The number of benzene rings is 1. The van der Waals surface area contributed by atoms with Crippen LogP contribution in [0.25, 0.3) is 0 Å². The van der Waals surface area contributed by atoms with Crippen LogP contribution in [0.15, 0.2) is 18.2 Å². The third-order valence-electron chi connectivity index (χ3n) is 2.19. The van der Waals surface area contributed by atoms with Crippen LogP contribution >= 0.6 is 11.6 Å². The first-order valence-corrected chi connectivity index (χ1v) is 6.75. The van der Waals surface area contributed by atoms with Crippen molar-refractivity contribution in [2.45, 2.75) is 26.4 Å². The predicted molar refractivity (Wildman–Crippen MR) is 75.2 cm³/mol. The number of alkyl halides is 1. The monoisotopic (exact) mass is 284 g/mol. The molecule has 0 unspecified atom stereocenters. The Bertz CT molecular complexity index is 449. The second-order valence-corrected chi connectivity index (χ2v) is 4.53. The van der Waals surface area contributed by atoms with Gasteiger partial charge in [0.1, 0.15) is 18.2 Å². The molecule has 0 saturated carbocycles. The molecule has 0 aliphatic carbocycles. The van der Waals surface area contributed by atoms with Gasteiger partial charge < -0.3 is 9.47 Å². The first kappa shape index (κ1) is 15.8. The molecule has 0 aliphatic heterocycles. The van der Waals surface area contributed by atoms with Crippen molar-refractivity contribution in [3.8, 4) is 17.6 Å². The van der Waals surface area contributed by atoms with Gasteiger partial charge >= 0.3 is 0 Å². The Morgan fingerprint density at radius 2 is 2.11 bits per heavy atom. The summed E-state index contributed by atoms with van der Waals surface area (Å²) in [6, 6.07) is 4.64. The average molecular weight is 285 g/mol. The summed E-state index contributed by atoms with van der Waals surface area (Å²) in [4.78, 5) is 0. The van der Waals surface area contributed by atoms with E-state index in [4.69, 9.17) is 21.1 Å². The Hall–Kier alpha value is -1.24. The van der Waals surface area contributed by atoms with Gasteiger partial charge in [-0.2, -0.15) is 0 Å². The maximum Gasteiger partial charge on any atom is 0.142 e. The van der Waals surface area contributed by atoms with E-state index in [2.05, 4.69) is 11.8 Å². The van der Waals surface area contributed by atoms with Crippen LogP contribution in [-0.4, -0.2) is 25.2 Å². The Labute approximate surface area is 118 Å². The van der Waals surface area contributed by atoms with Crippen LogP contribution < -0.4 is 4.74 Å². The van der Waals surface area contributed by atoms with Gasteiger partial charge in [-0.05, 0) is 26.0 Å². The van der Waals surface area contributed by atoms with E-state index in [-0.39, 0.29) is 11.9 Å². The summed E-state index contributed by atoms with van der Waals surface area (Å²) in [7, 11) is 0. The van der Waals surface area contributed by atoms with Crippen molar-refractivity contribution >= 4 is 11.6 Å². The second kappa shape index (κ2) is 8.79. The van der Waals surface area contributed by atoms with E-state index in [1.807, 2.05) is 13.8 Å². The van der Waals surface area contributed by atoms with Crippen LogP contribution in [0.3, 0.4) is 0 Å². The minimum absolute atomic E-state index is 0.167. The third-order valence-corrected chi connectivity index (χ3v) is 2.38. The standard InChI is InChI=1S/C15H18ClFO2/c1-12(2)18-9-10-19-14-7-6-13(15(17)11-14)5-3-4-8-16/h6-7,11-12H,4,8-10H2,1-2H3. The van der Waals surface area contributed by atoms with Crippen LogP contribution in [0.1, 0.15) is 25.8 Å². The molecule has 0 atom stereocenters. The lowest BCUT2D eigenvalue weighted by Crippen LogP contribution is -2.11. The lowest BCUT2D eigenvalue weighted by Gasteiger charge is -2.09. The van der Waals surface area contributed by atoms with E-state index in [0.717, 1.165) is 0 Å². The Balaban J connectivity index is 2.50. The van der Waals surface area contributed by atoms with Gasteiger partial charge in [-0.25, -0.2) is 4.39 Å². The largest absolute Gasteiger partial charge is 0.491 e. The molecule has 0 N–H and O–H groups in total. The number of ether oxygens (including phenoxy) is 2. The molecule has 0 heterocycles. The average Bonchev–Trinajstić information content (AvgIpc) is 2.37. The minimum atomic E-state index is -0.385. The van der Waals surface area contributed by atoms with Crippen molar-refractivity contribution in [2.24, 2.45) is 0 Å². The van der Waals surface area contributed by atoms with Crippen LogP contribution in [0.2, 0.25) is 0 Å². The van der Waals surface area contributed by atoms with E-state index in [1.54, 1.807) is 12.1 Å². The topological polar surface area (TPSA) is 18.5 Å². The van der Waals surface area contributed by atoms with E-state index in [0.29, 0.717) is 36.8 Å². The maximum atomic E-state index is 13.7. The molecule has 0 fully saturated rings. The smallest absolute Gasteiger partial charge is 0.142 e. The van der Waals surface area contributed by atoms with E-state index in [1.165, 1.54) is 6.07 Å². The Kier molecular flexibility index (Phi) is 7.32. The van der Waals surface area contributed by atoms with Gasteiger partial charge in [0.05, 0.1) is 18.3 Å². The van der Waals surface area contributed by atoms with Gasteiger partial charge in [-0.3, -0.25) is 0 Å². The highest BCUT2D eigenvalue weighted by atomic mass is 35.5. The summed E-state index contributed by atoms with van der Waals surface area (Å²) >= 11 is 5.50. The molecule has 0 aromatic heterocycles. The quantitative estimate of drug-likeness (QED) is 0.451. The molecule has 0 aliphatic rings. The molecule has 0 radical (unpaired) electrons. The normalized spacial score (nSPS) is 10.2. The fraction of sp³-hybridized carbons (Fsp3) is 0.467. The summed E-state index contributed by atoms with van der Waals surface area (Å²) in [5.41, 5.74) is 0.357. The SMILES string of the molecule is CC(C)OCCOc1ccc(C#CCCCl)c(F)c1. The first-order valence-electron chi connectivity index (χ1n) is 6.22. The molecule has 1 rings (SSSR count). The van der Waals surface area contributed by atoms with Gasteiger partial charge in [0, 0.05) is 18.4 Å². The second-order valence-electron chi connectivity index (χ2n) is 4.15. The van der Waals surface area contributed by atoms with Crippen LogP contribution in [0.5, 0.6) is 5.75 Å². The zero-order chi connectivity index (χ0) is 14.1. The summed E-state index contributed by atoms with van der Waals surface area (Å²) in [6.45, 7) is 4.79. The van der Waals surface area contributed by atoms with Crippen molar-refractivity contribution in [3.63, 3.8) is 0 Å². The highest BCUT2D eigenvalue weighted by Crippen LogP contribution is 2.16. The fourth-order valence-corrected chi connectivity index (χ4v) is 1.43. The van der Waals surface area contributed by atoms with E-state index < -0.39 is 0 Å². The molecule has 104 valence electrons. The van der Waals surface area contributed by atoms with Gasteiger partial charge in [-0.1, -0.05) is 11.8 Å². The van der Waals surface area contributed by atoms with Crippen LogP contribution in [0.4, 0.5) is 4.39 Å². The summed E-state index contributed by atoms with van der Waals surface area (Å²) < 4.78 is 24.4. The van der Waals surface area contributed by atoms with Crippen molar-refractivity contribution in [3.05, 3.63) is 29.6 Å². The highest BCUT2D eigenvalue weighted by Gasteiger charge is 2.02. The molecule has 2 nitrogen and oxygen atoms in total. The molecule has 1 aromatic carbocycles. The minimum Gasteiger partial charge on any atom is -0.491 e. The molecular weight excluding hydrogens is 267 g/mol. The van der Waals surface area contributed by atoms with E-state index >= 15 is 0 Å². The Morgan fingerprint density at radius 1 is 1.32 bits per heavy atom. The summed E-state index contributed by atoms with van der Waals surface area (Å²) in [5.74, 6) is 6.07. The maximum absolute atomic E-state index is 13.7. The summed E-state index contributed by atoms with van der Waals surface area (Å²) in [5, 5.41) is 0. The molecule has 0 saturated heterocycles. The number of hydrogen-bond donors (Lipinski definition) is 0. The van der Waals surface area contributed by atoms with Crippen molar-refractivity contribution in [1.29, 1.82) is 0 Å². The van der Waals surface area contributed by atoms with Crippen LogP contribution in [0, 0.1) is 17.7 Å². The third kappa shape index (κ3) is 6.47. The lowest BCUT2D eigenvalue weighted by atomic mass is 10.2. The van der Waals surface area contributed by atoms with Gasteiger partial charge in [0.15, 0.2) is 0 Å². The molecule has 4 heteroatoms. The molecule has 19 heavy (non-hydrogen) atoms. The number of halogens is 2. The Morgan fingerprint density at radius 3 is 2.74 bits per heavy atom. The van der Waals surface area contributed by atoms with Gasteiger partial charge in [0.25, 0.3) is 0 Å². The van der Waals surface area contributed by atoms with Crippen LogP contribution in [-0.2, 0) is 4.74 Å². The van der Waals surface area contributed by atoms with Gasteiger partial charge in [-0.15, -0.1) is 11.6 Å².